The Morgan fingerprint density at radius 1 is 1.00 bits per heavy atom. The van der Waals surface area contributed by atoms with Gasteiger partial charge in [-0.05, 0) is 36.5 Å². The highest BCUT2D eigenvalue weighted by atomic mass is 16.5. The number of para-hydroxylation sites is 1. The minimum absolute atomic E-state index is 0.0217. The van der Waals surface area contributed by atoms with Crippen molar-refractivity contribution in [2.24, 2.45) is 5.73 Å². The summed E-state index contributed by atoms with van der Waals surface area (Å²) in [5.41, 5.74) is 8.07. The highest BCUT2D eigenvalue weighted by Crippen LogP contribution is 2.24. The van der Waals surface area contributed by atoms with Crippen molar-refractivity contribution in [3.63, 3.8) is 0 Å². The summed E-state index contributed by atoms with van der Waals surface area (Å²) in [7, 11) is 0. The molecular formula is C20H27NO2. The smallest absolute Gasteiger partial charge is 0.122 e. The third-order valence-electron chi connectivity index (χ3n) is 4.16. The summed E-state index contributed by atoms with van der Waals surface area (Å²) in [6.45, 7) is 2.67. The van der Waals surface area contributed by atoms with Gasteiger partial charge in [0, 0.05) is 5.54 Å². The van der Waals surface area contributed by atoms with Gasteiger partial charge in [-0.3, -0.25) is 0 Å². The quantitative estimate of drug-likeness (QED) is 0.742. The van der Waals surface area contributed by atoms with Gasteiger partial charge in [0.2, 0.25) is 0 Å². The molecule has 0 aromatic heterocycles. The van der Waals surface area contributed by atoms with E-state index < -0.39 is 5.54 Å². The molecule has 3 heteroatoms. The summed E-state index contributed by atoms with van der Waals surface area (Å²) >= 11 is 0. The molecule has 0 fully saturated rings. The third-order valence-corrected chi connectivity index (χ3v) is 4.16. The molecule has 1 unspecified atom stereocenters. The van der Waals surface area contributed by atoms with Gasteiger partial charge in [-0.15, -0.1) is 0 Å². The largest absolute Gasteiger partial charge is 0.489 e. The van der Waals surface area contributed by atoms with E-state index in [1.165, 1.54) is 0 Å². The number of aryl methyl sites for hydroxylation is 1. The van der Waals surface area contributed by atoms with Crippen molar-refractivity contribution in [1.82, 2.24) is 0 Å². The first-order valence-electron chi connectivity index (χ1n) is 8.31. The van der Waals surface area contributed by atoms with Gasteiger partial charge < -0.3 is 15.6 Å². The van der Waals surface area contributed by atoms with E-state index in [9.17, 15) is 5.11 Å². The highest BCUT2D eigenvalue weighted by Gasteiger charge is 2.23. The molecule has 1 atom stereocenters. The molecule has 0 aliphatic carbocycles. The van der Waals surface area contributed by atoms with Crippen molar-refractivity contribution in [3.05, 3.63) is 65.7 Å². The summed E-state index contributed by atoms with van der Waals surface area (Å²) in [4.78, 5) is 0. The van der Waals surface area contributed by atoms with Crippen LogP contribution in [0.2, 0.25) is 0 Å². The van der Waals surface area contributed by atoms with E-state index in [0.717, 1.165) is 42.6 Å². The van der Waals surface area contributed by atoms with Crippen LogP contribution in [0.25, 0.3) is 0 Å². The molecule has 0 radical (unpaired) electrons. The normalized spacial score (nSPS) is 13.5. The molecule has 0 saturated carbocycles. The molecular weight excluding hydrogens is 286 g/mol. The van der Waals surface area contributed by atoms with Crippen LogP contribution in [0.4, 0.5) is 0 Å². The molecule has 0 spiro atoms. The summed E-state index contributed by atoms with van der Waals surface area (Å²) in [6, 6.07) is 18.2. The first-order chi connectivity index (χ1) is 11.2. The van der Waals surface area contributed by atoms with Crippen LogP contribution in [-0.2, 0) is 13.0 Å². The van der Waals surface area contributed by atoms with E-state index in [2.05, 4.69) is 25.1 Å². The topological polar surface area (TPSA) is 55.5 Å². The standard InChI is InChI=1S/C20H27NO2/c1-2-13-20(21,16-22)14-12-18-10-6-7-11-19(18)23-15-17-8-4-3-5-9-17/h3-11,22H,2,12-16,21H2,1H3. The SMILES string of the molecule is CCCC(N)(CO)CCc1ccccc1OCc1ccccc1. The number of hydrogen-bond donors (Lipinski definition) is 2. The number of aliphatic hydroxyl groups is 1. The zero-order chi connectivity index (χ0) is 16.5. The van der Waals surface area contributed by atoms with Crippen molar-refractivity contribution in [2.45, 2.75) is 44.8 Å². The number of nitrogens with two attached hydrogens (primary N) is 1. The second kappa shape index (κ2) is 8.70. The lowest BCUT2D eigenvalue weighted by atomic mass is 9.88. The molecule has 2 aromatic rings. The molecule has 0 aliphatic rings. The van der Waals surface area contributed by atoms with Crippen LogP contribution in [-0.4, -0.2) is 17.3 Å². The number of ether oxygens (including phenoxy) is 1. The maximum atomic E-state index is 9.56. The number of aliphatic hydroxyl groups excluding tert-OH is 1. The maximum absolute atomic E-state index is 9.56. The Balaban J connectivity index is 2.00. The van der Waals surface area contributed by atoms with Crippen LogP contribution < -0.4 is 10.5 Å². The first-order valence-corrected chi connectivity index (χ1v) is 8.31. The van der Waals surface area contributed by atoms with Crippen LogP contribution in [0.3, 0.4) is 0 Å². The van der Waals surface area contributed by atoms with E-state index in [4.69, 9.17) is 10.5 Å². The molecule has 124 valence electrons. The molecule has 0 heterocycles. The monoisotopic (exact) mass is 313 g/mol. The van der Waals surface area contributed by atoms with Crippen molar-refractivity contribution in [1.29, 1.82) is 0 Å². The van der Waals surface area contributed by atoms with Gasteiger partial charge in [-0.1, -0.05) is 61.9 Å². The first kappa shape index (κ1) is 17.5. The Bertz CT molecular complexity index is 585. The Morgan fingerprint density at radius 2 is 1.70 bits per heavy atom. The van der Waals surface area contributed by atoms with Gasteiger partial charge in [-0.25, -0.2) is 0 Å². The lowest BCUT2D eigenvalue weighted by molar-refractivity contribution is 0.177. The van der Waals surface area contributed by atoms with Crippen molar-refractivity contribution in [3.8, 4) is 5.75 Å². The van der Waals surface area contributed by atoms with Crippen LogP contribution >= 0.6 is 0 Å². The summed E-state index contributed by atoms with van der Waals surface area (Å²) in [6.07, 6.45) is 3.37. The molecule has 0 saturated heterocycles. The lowest BCUT2D eigenvalue weighted by Crippen LogP contribution is -2.43. The van der Waals surface area contributed by atoms with Gasteiger partial charge in [0.15, 0.2) is 0 Å². The second-order valence-electron chi connectivity index (χ2n) is 6.15. The molecule has 0 bridgehead atoms. The van der Waals surface area contributed by atoms with Crippen LogP contribution in [0, 0.1) is 0 Å². The summed E-state index contributed by atoms with van der Waals surface area (Å²) in [5.74, 6) is 0.896. The number of benzene rings is 2. The van der Waals surface area contributed by atoms with E-state index in [-0.39, 0.29) is 6.61 Å². The van der Waals surface area contributed by atoms with E-state index in [1.54, 1.807) is 0 Å². The zero-order valence-corrected chi connectivity index (χ0v) is 13.9. The molecule has 2 rings (SSSR count). The lowest BCUT2D eigenvalue weighted by Gasteiger charge is -2.27. The Hall–Kier alpha value is -1.84. The predicted octanol–water partition coefficient (Wildman–Crippen LogP) is 3.69. The molecule has 3 nitrogen and oxygen atoms in total. The van der Waals surface area contributed by atoms with Crippen molar-refractivity contribution >= 4 is 0 Å². The fourth-order valence-electron chi connectivity index (χ4n) is 2.75. The van der Waals surface area contributed by atoms with Gasteiger partial charge in [0.1, 0.15) is 12.4 Å². The fourth-order valence-corrected chi connectivity index (χ4v) is 2.75. The van der Waals surface area contributed by atoms with E-state index in [0.29, 0.717) is 6.61 Å². The predicted molar refractivity (Wildman–Crippen MR) is 94.4 cm³/mol. The number of hydrogen-bond acceptors (Lipinski definition) is 3. The van der Waals surface area contributed by atoms with Gasteiger partial charge in [0.25, 0.3) is 0 Å². The van der Waals surface area contributed by atoms with Crippen LogP contribution in [0.5, 0.6) is 5.75 Å². The average molecular weight is 313 g/mol. The maximum Gasteiger partial charge on any atom is 0.122 e. The second-order valence-corrected chi connectivity index (χ2v) is 6.15. The zero-order valence-electron chi connectivity index (χ0n) is 13.9. The number of rotatable bonds is 9. The summed E-state index contributed by atoms with van der Waals surface area (Å²) < 4.78 is 5.98. The Labute approximate surface area is 139 Å². The average Bonchev–Trinajstić information content (AvgIpc) is 2.60. The molecule has 0 aliphatic heterocycles. The fraction of sp³-hybridized carbons (Fsp3) is 0.400. The van der Waals surface area contributed by atoms with Crippen LogP contribution in [0.15, 0.2) is 54.6 Å². The third kappa shape index (κ3) is 5.38. The Morgan fingerprint density at radius 3 is 2.39 bits per heavy atom. The van der Waals surface area contributed by atoms with Gasteiger partial charge in [0.05, 0.1) is 6.61 Å². The molecule has 2 aromatic carbocycles. The molecule has 23 heavy (non-hydrogen) atoms. The molecule has 3 N–H and O–H groups in total. The molecule has 0 amide bonds. The highest BCUT2D eigenvalue weighted by molar-refractivity contribution is 5.34. The van der Waals surface area contributed by atoms with E-state index in [1.807, 2.05) is 36.4 Å². The van der Waals surface area contributed by atoms with Gasteiger partial charge in [-0.2, -0.15) is 0 Å². The van der Waals surface area contributed by atoms with E-state index >= 15 is 0 Å². The summed E-state index contributed by atoms with van der Waals surface area (Å²) in [5, 5.41) is 9.56. The van der Waals surface area contributed by atoms with Crippen LogP contribution in [0.1, 0.15) is 37.3 Å². The minimum atomic E-state index is -0.499. The minimum Gasteiger partial charge on any atom is -0.489 e. The van der Waals surface area contributed by atoms with Crippen molar-refractivity contribution < 1.29 is 9.84 Å². The Kier molecular flexibility index (Phi) is 6.63. The van der Waals surface area contributed by atoms with Gasteiger partial charge >= 0.3 is 0 Å². The van der Waals surface area contributed by atoms with Crippen molar-refractivity contribution in [2.75, 3.05) is 6.61 Å².